The van der Waals surface area contributed by atoms with Crippen molar-refractivity contribution in [2.24, 2.45) is 0 Å². The van der Waals surface area contributed by atoms with Crippen molar-refractivity contribution in [1.82, 2.24) is 5.32 Å². The SMILES string of the molecule is COc1cccc(Oc2ccccc2CC(NC(=O)OC(C)(C)C)C(=O)O)c1. The van der Waals surface area contributed by atoms with Crippen molar-refractivity contribution in [3.05, 3.63) is 54.1 Å². The lowest BCUT2D eigenvalue weighted by Crippen LogP contribution is -2.44. The van der Waals surface area contributed by atoms with Crippen LogP contribution in [-0.2, 0) is 16.0 Å². The van der Waals surface area contributed by atoms with E-state index in [1.165, 1.54) is 0 Å². The molecule has 0 aromatic heterocycles. The zero-order chi connectivity index (χ0) is 20.7. The van der Waals surface area contributed by atoms with E-state index in [9.17, 15) is 14.7 Å². The van der Waals surface area contributed by atoms with Crippen LogP contribution in [0.25, 0.3) is 0 Å². The molecule has 0 fully saturated rings. The number of rotatable bonds is 7. The molecule has 2 aromatic carbocycles. The van der Waals surface area contributed by atoms with Crippen LogP contribution in [0.1, 0.15) is 26.3 Å². The predicted molar refractivity (Wildman–Crippen MR) is 104 cm³/mol. The number of methoxy groups -OCH3 is 1. The summed E-state index contributed by atoms with van der Waals surface area (Å²) >= 11 is 0. The lowest BCUT2D eigenvalue weighted by atomic mass is 10.0. The first-order valence-corrected chi connectivity index (χ1v) is 8.80. The molecule has 1 unspecified atom stereocenters. The maximum absolute atomic E-state index is 12.0. The molecule has 1 amide bonds. The number of alkyl carbamates (subject to hydrolysis) is 1. The number of carboxylic acids is 1. The van der Waals surface area contributed by atoms with Crippen molar-refractivity contribution in [2.45, 2.75) is 38.8 Å². The summed E-state index contributed by atoms with van der Waals surface area (Å²) in [5.41, 5.74) is -0.0886. The number of aliphatic carboxylic acids is 1. The van der Waals surface area contributed by atoms with Gasteiger partial charge in [0.1, 0.15) is 28.9 Å². The average Bonchev–Trinajstić information content (AvgIpc) is 2.61. The number of hydrogen-bond acceptors (Lipinski definition) is 5. The van der Waals surface area contributed by atoms with E-state index in [4.69, 9.17) is 14.2 Å². The normalized spacial score (nSPS) is 12.0. The van der Waals surface area contributed by atoms with Gasteiger partial charge in [-0.25, -0.2) is 9.59 Å². The third-order valence-electron chi connectivity index (χ3n) is 3.65. The second-order valence-electron chi connectivity index (χ2n) is 7.13. The van der Waals surface area contributed by atoms with E-state index >= 15 is 0 Å². The van der Waals surface area contributed by atoms with Crippen molar-refractivity contribution >= 4 is 12.1 Å². The Balaban J connectivity index is 2.17. The highest BCUT2D eigenvalue weighted by molar-refractivity contribution is 5.80. The summed E-state index contributed by atoms with van der Waals surface area (Å²) in [5.74, 6) is 0.527. The lowest BCUT2D eigenvalue weighted by molar-refractivity contribution is -0.139. The highest BCUT2D eigenvalue weighted by atomic mass is 16.6. The number of para-hydroxylation sites is 1. The van der Waals surface area contributed by atoms with Gasteiger partial charge in [-0.2, -0.15) is 0 Å². The van der Waals surface area contributed by atoms with Crippen LogP contribution in [0.15, 0.2) is 48.5 Å². The first-order valence-electron chi connectivity index (χ1n) is 8.80. The first kappa shape index (κ1) is 21.1. The van der Waals surface area contributed by atoms with E-state index < -0.39 is 23.7 Å². The van der Waals surface area contributed by atoms with E-state index in [1.54, 1.807) is 76.4 Å². The molecule has 7 heteroatoms. The molecular weight excluding hydrogens is 362 g/mol. The minimum absolute atomic E-state index is 0.0364. The summed E-state index contributed by atoms with van der Waals surface area (Å²) < 4.78 is 16.2. The van der Waals surface area contributed by atoms with Crippen LogP contribution in [0.5, 0.6) is 17.2 Å². The van der Waals surface area contributed by atoms with E-state index in [0.717, 1.165) is 0 Å². The topological polar surface area (TPSA) is 94.1 Å². The molecular formula is C21H25NO6. The summed E-state index contributed by atoms with van der Waals surface area (Å²) in [5, 5.41) is 11.9. The van der Waals surface area contributed by atoms with Crippen molar-refractivity contribution in [2.75, 3.05) is 7.11 Å². The van der Waals surface area contributed by atoms with Gasteiger partial charge in [-0.1, -0.05) is 24.3 Å². The minimum Gasteiger partial charge on any atom is -0.497 e. The molecule has 28 heavy (non-hydrogen) atoms. The third-order valence-corrected chi connectivity index (χ3v) is 3.65. The standard InChI is InChI=1S/C21H25NO6/c1-21(2,3)28-20(25)22-17(19(23)24)12-14-8-5-6-11-18(14)27-16-10-7-9-15(13-16)26-4/h5-11,13,17H,12H2,1-4H3,(H,22,25)(H,23,24). The van der Waals surface area contributed by atoms with E-state index in [1.807, 2.05) is 0 Å². The average molecular weight is 387 g/mol. The first-order chi connectivity index (χ1) is 13.2. The Bertz CT molecular complexity index is 828. The van der Waals surface area contributed by atoms with Crippen LogP contribution in [0.2, 0.25) is 0 Å². The van der Waals surface area contributed by atoms with Gasteiger partial charge in [0, 0.05) is 12.5 Å². The monoisotopic (exact) mass is 387 g/mol. The Hall–Kier alpha value is -3.22. The summed E-state index contributed by atoms with van der Waals surface area (Å²) in [6, 6.07) is 13.0. The molecule has 0 spiro atoms. The Kier molecular flexibility index (Phi) is 6.87. The maximum Gasteiger partial charge on any atom is 0.408 e. The third kappa shape index (κ3) is 6.50. The Morgan fingerprint density at radius 3 is 2.39 bits per heavy atom. The molecule has 1 atom stereocenters. The Labute approximate surface area is 164 Å². The smallest absolute Gasteiger partial charge is 0.408 e. The number of carbonyl (C=O) groups is 2. The highest BCUT2D eigenvalue weighted by Crippen LogP contribution is 2.28. The lowest BCUT2D eigenvalue weighted by Gasteiger charge is -2.22. The van der Waals surface area contributed by atoms with Gasteiger partial charge in [-0.15, -0.1) is 0 Å². The molecule has 0 aliphatic rings. The fourth-order valence-electron chi connectivity index (χ4n) is 2.43. The molecule has 7 nitrogen and oxygen atoms in total. The van der Waals surface area contributed by atoms with E-state index in [0.29, 0.717) is 22.8 Å². The van der Waals surface area contributed by atoms with Crippen LogP contribution < -0.4 is 14.8 Å². The number of nitrogens with one attached hydrogen (secondary N) is 1. The molecule has 0 aliphatic carbocycles. The minimum atomic E-state index is -1.16. The van der Waals surface area contributed by atoms with Crippen LogP contribution in [0.4, 0.5) is 4.79 Å². The molecule has 2 aromatic rings. The van der Waals surface area contributed by atoms with Gasteiger partial charge < -0.3 is 24.6 Å². The number of benzene rings is 2. The molecule has 0 bridgehead atoms. The molecule has 2 N–H and O–H groups in total. The van der Waals surface area contributed by atoms with Gasteiger partial charge in [0.15, 0.2) is 0 Å². The van der Waals surface area contributed by atoms with Crippen LogP contribution in [-0.4, -0.2) is 35.9 Å². The summed E-state index contributed by atoms with van der Waals surface area (Å²) in [6.45, 7) is 5.12. The van der Waals surface area contributed by atoms with E-state index in [-0.39, 0.29) is 6.42 Å². The molecule has 0 aliphatic heterocycles. The van der Waals surface area contributed by atoms with Gasteiger partial charge in [-0.3, -0.25) is 0 Å². The molecule has 0 heterocycles. The molecule has 150 valence electrons. The highest BCUT2D eigenvalue weighted by Gasteiger charge is 2.25. The molecule has 0 saturated carbocycles. The molecule has 2 rings (SSSR count). The van der Waals surface area contributed by atoms with Gasteiger partial charge in [0.05, 0.1) is 7.11 Å². The number of carbonyl (C=O) groups excluding carboxylic acids is 1. The van der Waals surface area contributed by atoms with Gasteiger partial charge in [0.2, 0.25) is 0 Å². The number of hydrogen-bond donors (Lipinski definition) is 2. The molecule has 0 radical (unpaired) electrons. The van der Waals surface area contributed by atoms with Crippen LogP contribution >= 0.6 is 0 Å². The van der Waals surface area contributed by atoms with Crippen molar-refractivity contribution < 1.29 is 28.9 Å². The van der Waals surface area contributed by atoms with Gasteiger partial charge in [0.25, 0.3) is 0 Å². The number of carboxylic acid groups (broad SMARTS) is 1. The Morgan fingerprint density at radius 1 is 1.07 bits per heavy atom. The number of ether oxygens (including phenoxy) is 3. The van der Waals surface area contributed by atoms with E-state index in [2.05, 4.69) is 5.32 Å². The second kappa shape index (κ2) is 9.12. The fraction of sp³-hybridized carbons (Fsp3) is 0.333. The van der Waals surface area contributed by atoms with Crippen LogP contribution in [0, 0.1) is 0 Å². The van der Waals surface area contributed by atoms with Crippen LogP contribution in [0.3, 0.4) is 0 Å². The predicted octanol–water partition coefficient (Wildman–Crippen LogP) is 4.01. The zero-order valence-electron chi connectivity index (χ0n) is 16.4. The molecule has 0 saturated heterocycles. The van der Waals surface area contributed by atoms with Crippen molar-refractivity contribution in [1.29, 1.82) is 0 Å². The largest absolute Gasteiger partial charge is 0.497 e. The fourth-order valence-corrected chi connectivity index (χ4v) is 2.43. The van der Waals surface area contributed by atoms with Gasteiger partial charge >= 0.3 is 12.1 Å². The van der Waals surface area contributed by atoms with Gasteiger partial charge in [-0.05, 0) is 44.5 Å². The quantitative estimate of drug-likeness (QED) is 0.746. The van der Waals surface area contributed by atoms with Crippen molar-refractivity contribution in [3.8, 4) is 17.2 Å². The summed E-state index contributed by atoms with van der Waals surface area (Å²) in [4.78, 5) is 23.6. The second-order valence-corrected chi connectivity index (χ2v) is 7.13. The maximum atomic E-state index is 12.0. The Morgan fingerprint density at radius 2 is 1.75 bits per heavy atom. The van der Waals surface area contributed by atoms with Crippen molar-refractivity contribution in [3.63, 3.8) is 0 Å². The number of amides is 1. The zero-order valence-corrected chi connectivity index (χ0v) is 16.4. The summed E-state index contributed by atoms with van der Waals surface area (Å²) in [7, 11) is 1.56. The summed E-state index contributed by atoms with van der Waals surface area (Å²) in [6.07, 6.45) is -0.750.